The third-order valence-corrected chi connectivity index (χ3v) is 2.82. The van der Waals surface area contributed by atoms with Crippen LogP contribution in [0.1, 0.15) is 15.9 Å². The first kappa shape index (κ1) is 11.8. The molecule has 1 amide bonds. The maximum Gasteiger partial charge on any atom is 0.256 e. The number of carbonyl (C=O) groups is 1. The van der Waals surface area contributed by atoms with E-state index >= 15 is 0 Å². The molecule has 0 aliphatic carbocycles. The summed E-state index contributed by atoms with van der Waals surface area (Å²) in [6.45, 7) is 1.91. The summed E-state index contributed by atoms with van der Waals surface area (Å²) in [5.74, 6) is 0.436. The van der Waals surface area contributed by atoms with Gasteiger partial charge in [-0.05, 0) is 36.8 Å². The predicted octanol–water partition coefficient (Wildman–Crippen LogP) is 3.40. The number of rotatable bonds is 2. The minimum atomic E-state index is -0.159. The molecule has 0 unspecified atom stereocenters. The zero-order valence-electron chi connectivity index (χ0n) is 9.27. The predicted molar refractivity (Wildman–Crippen MR) is 71.1 cm³/mol. The summed E-state index contributed by atoms with van der Waals surface area (Å²) < 4.78 is 0.878. The Hall–Kier alpha value is -1.68. The monoisotopic (exact) mass is 290 g/mol. The third kappa shape index (κ3) is 2.91. The van der Waals surface area contributed by atoms with E-state index in [2.05, 4.69) is 26.2 Å². The number of nitrogens with zero attached hydrogens (tertiary/aromatic N) is 1. The molecule has 0 radical (unpaired) electrons. The number of carbonyl (C=O) groups excluding carboxylic acids is 1. The fraction of sp³-hybridized carbons (Fsp3) is 0.0769. The molecule has 0 spiro atoms. The van der Waals surface area contributed by atoms with Crippen LogP contribution in [-0.4, -0.2) is 10.9 Å². The number of hydrogen-bond acceptors (Lipinski definition) is 2. The van der Waals surface area contributed by atoms with Gasteiger partial charge < -0.3 is 5.32 Å². The molecule has 17 heavy (non-hydrogen) atoms. The van der Waals surface area contributed by atoms with E-state index in [0.29, 0.717) is 11.4 Å². The Morgan fingerprint density at radius 2 is 2.12 bits per heavy atom. The van der Waals surface area contributed by atoms with Gasteiger partial charge in [-0.3, -0.25) is 4.79 Å². The molecule has 0 aliphatic rings. The second-order valence-electron chi connectivity index (χ2n) is 3.63. The second kappa shape index (κ2) is 5.10. The van der Waals surface area contributed by atoms with E-state index in [1.807, 2.05) is 31.2 Å². The fourth-order valence-corrected chi connectivity index (χ4v) is 1.83. The average Bonchev–Trinajstić information content (AvgIpc) is 2.32. The second-order valence-corrected chi connectivity index (χ2v) is 4.55. The molecular weight excluding hydrogens is 280 g/mol. The molecule has 0 saturated carbocycles. The number of nitrogens with one attached hydrogen (secondary N) is 1. The first-order chi connectivity index (χ1) is 8.16. The van der Waals surface area contributed by atoms with Gasteiger partial charge in [0.25, 0.3) is 5.91 Å². The van der Waals surface area contributed by atoms with E-state index < -0.39 is 0 Å². The number of halogens is 1. The first-order valence-electron chi connectivity index (χ1n) is 5.15. The van der Waals surface area contributed by atoms with Crippen molar-refractivity contribution in [3.8, 4) is 0 Å². The van der Waals surface area contributed by atoms with Gasteiger partial charge in [0.05, 0.1) is 0 Å². The summed E-state index contributed by atoms with van der Waals surface area (Å²) in [4.78, 5) is 16.1. The molecule has 0 saturated heterocycles. The van der Waals surface area contributed by atoms with Gasteiger partial charge >= 0.3 is 0 Å². The van der Waals surface area contributed by atoms with Crippen LogP contribution >= 0.6 is 15.9 Å². The fourth-order valence-electron chi connectivity index (χ4n) is 1.43. The van der Waals surface area contributed by atoms with Crippen molar-refractivity contribution in [1.29, 1.82) is 0 Å². The lowest BCUT2D eigenvalue weighted by Gasteiger charge is -2.06. The lowest BCUT2D eigenvalue weighted by atomic mass is 10.2. The van der Waals surface area contributed by atoms with Crippen LogP contribution in [0, 0.1) is 6.92 Å². The number of anilines is 1. The molecule has 1 heterocycles. The summed E-state index contributed by atoms with van der Waals surface area (Å²) in [6.07, 6.45) is 1.66. The molecule has 0 fully saturated rings. The molecule has 1 aromatic heterocycles. The normalized spacial score (nSPS) is 10.0. The van der Waals surface area contributed by atoms with Crippen molar-refractivity contribution in [1.82, 2.24) is 4.98 Å². The zero-order chi connectivity index (χ0) is 12.3. The van der Waals surface area contributed by atoms with Crippen molar-refractivity contribution in [3.05, 3.63) is 58.2 Å². The van der Waals surface area contributed by atoms with Gasteiger partial charge in [0.1, 0.15) is 5.82 Å². The summed E-state index contributed by atoms with van der Waals surface area (Å²) in [5, 5.41) is 2.78. The van der Waals surface area contributed by atoms with Gasteiger partial charge in [0, 0.05) is 16.2 Å². The lowest BCUT2D eigenvalue weighted by Crippen LogP contribution is -2.13. The minimum absolute atomic E-state index is 0.159. The molecule has 2 aromatic rings. The molecule has 3 nitrogen and oxygen atoms in total. The molecule has 1 N–H and O–H groups in total. The first-order valence-corrected chi connectivity index (χ1v) is 5.94. The Labute approximate surface area is 108 Å². The van der Waals surface area contributed by atoms with Gasteiger partial charge in [0.2, 0.25) is 0 Å². The summed E-state index contributed by atoms with van der Waals surface area (Å²) in [5.41, 5.74) is 1.54. The zero-order valence-corrected chi connectivity index (χ0v) is 10.9. The van der Waals surface area contributed by atoms with E-state index in [0.717, 1.165) is 10.0 Å². The topological polar surface area (TPSA) is 42.0 Å². The highest BCUT2D eigenvalue weighted by Crippen LogP contribution is 2.14. The smallest absolute Gasteiger partial charge is 0.256 e. The summed E-state index contributed by atoms with van der Waals surface area (Å²) in [7, 11) is 0. The Bertz CT molecular complexity index is 555. The molecule has 86 valence electrons. The van der Waals surface area contributed by atoms with Gasteiger partial charge in [-0.1, -0.05) is 28.1 Å². The van der Waals surface area contributed by atoms with Gasteiger partial charge in [-0.15, -0.1) is 0 Å². The van der Waals surface area contributed by atoms with Gasteiger partial charge in [-0.2, -0.15) is 0 Å². The van der Waals surface area contributed by atoms with Crippen molar-refractivity contribution in [2.75, 3.05) is 5.32 Å². The van der Waals surface area contributed by atoms with Crippen molar-refractivity contribution in [2.24, 2.45) is 0 Å². The minimum Gasteiger partial charge on any atom is -0.306 e. The van der Waals surface area contributed by atoms with Crippen molar-refractivity contribution >= 4 is 27.7 Å². The largest absolute Gasteiger partial charge is 0.306 e. The van der Waals surface area contributed by atoms with Crippen molar-refractivity contribution in [3.63, 3.8) is 0 Å². The third-order valence-electron chi connectivity index (χ3n) is 2.33. The molecule has 2 rings (SSSR count). The number of aromatic nitrogens is 1. The number of benzene rings is 1. The highest BCUT2D eigenvalue weighted by atomic mass is 79.9. The van der Waals surface area contributed by atoms with Crippen LogP contribution in [0.15, 0.2) is 47.1 Å². The van der Waals surface area contributed by atoms with Crippen molar-refractivity contribution < 1.29 is 4.79 Å². The highest BCUT2D eigenvalue weighted by Gasteiger charge is 2.08. The number of aryl methyl sites for hydroxylation is 1. The van der Waals surface area contributed by atoms with Gasteiger partial charge in [-0.25, -0.2) is 4.98 Å². The quantitative estimate of drug-likeness (QED) is 0.921. The van der Waals surface area contributed by atoms with Crippen LogP contribution in [0.3, 0.4) is 0 Å². The summed E-state index contributed by atoms with van der Waals surface area (Å²) >= 11 is 3.33. The molecule has 0 aliphatic heterocycles. The van der Waals surface area contributed by atoms with Crippen LogP contribution in [0.2, 0.25) is 0 Å². The van der Waals surface area contributed by atoms with E-state index in [1.54, 1.807) is 18.3 Å². The van der Waals surface area contributed by atoms with Crippen LogP contribution in [0.4, 0.5) is 5.82 Å². The molecule has 1 aromatic carbocycles. The molecule has 4 heteroatoms. The summed E-state index contributed by atoms with van der Waals surface area (Å²) in [6, 6.07) is 11.0. The van der Waals surface area contributed by atoms with E-state index in [-0.39, 0.29) is 5.91 Å². The average molecular weight is 291 g/mol. The van der Waals surface area contributed by atoms with E-state index in [4.69, 9.17) is 0 Å². The standard InChI is InChI=1S/C13H11BrN2O/c1-9-4-3-7-15-12(9)16-13(17)10-5-2-6-11(14)8-10/h2-8H,1H3,(H,15,16,17). The van der Waals surface area contributed by atoms with Crippen LogP contribution in [0.25, 0.3) is 0 Å². The van der Waals surface area contributed by atoms with Gasteiger partial charge in [0.15, 0.2) is 0 Å². The highest BCUT2D eigenvalue weighted by molar-refractivity contribution is 9.10. The van der Waals surface area contributed by atoms with Crippen LogP contribution in [-0.2, 0) is 0 Å². The Morgan fingerprint density at radius 3 is 2.82 bits per heavy atom. The number of amides is 1. The van der Waals surface area contributed by atoms with E-state index in [9.17, 15) is 4.79 Å². The Morgan fingerprint density at radius 1 is 1.29 bits per heavy atom. The maximum atomic E-state index is 11.9. The van der Waals surface area contributed by atoms with E-state index in [1.165, 1.54) is 0 Å². The maximum absolute atomic E-state index is 11.9. The molecular formula is C13H11BrN2O. The number of hydrogen-bond donors (Lipinski definition) is 1. The van der Waals surface area contributed by atoms with Crippen LogP contribution in [0.5, 0.6) is 0 Å². The SMILES string of the molecule is Cc1cccnc1NC(=O)c1cccc(Br)c1. The Kier molecular flexibility index (Phi) is 3.54. The molecule has 0 atom stereocenters. The van der Waals surface area contributed by atoms with Crippen molar-refractivity contribution in [2.45, 2.75) is 6.92 Å². The number of pyridine rings is 1. The molecule has 0 bridgehead atoms. The Balaban J connectivity index is 2.20. The van der Waals surface area contributed by atoms with Crippen LogP contribution < -0.4 is 5.32 Å². The lowest BCUT2D eigenvalue weighted by molar-refractivity contribution is 0.102.